The van der Waals surface area contributed by atoms with E-state index in [-0.39, 0.29) is 16.5 Å². The van der Waals surface area contributed by atoms with Gasteiger partial charge >= 0.3 is 0 Å². The van der Waals surface area contributed by atoms with Gasteiger partial charge in [0.25, 0.3) is 0 Å². The van der Waals surface area contributed by atoms with Crippen LogP contribution >= 0.6 is 11.8 Å². The van der Waals surface area contributed by atoms with Crippen LogP contribution in [0, 0.1) is 0 Å². The van der Waals surface area contributed by atoms with E-state index in [0.717, 1.165) is 18.0 Å². The number of aromatic nitrogens is 1. The van der Waals surface area contributed by atoms with E-state index in [1.54, 1.807) is 0 Å². The number of rotatable bonds is 3. The highest BCUT2D eigenvalue weighted by Crippen LogP contribution is 2.31. The Hall–Kier alpha value is -0.870. The van der Waals surface area contributed by atoms with E-state index in [9.17, 15) is 23.7 Å². The molecule has 0 amide bonds. The third kappa shape index (κ3) is 3.23. The number of hydrogen-bond donors (Lipinski definition) is 3. The van der Waals surface area contributed by atoms with Gasteiger partial charge in [0.2, 0.25) is 0 Å². The second kappa shape index (κ2) is 5.86. The summed E-state index contributed by atoms with van der Waals surface area (Å²) in [5.41, 5.74) is -0.877. The molecule has 1 fully saturated rings. The van der Waals surface area contributed by atoms with Crippen molar-refractivity contribution < 1.29 is 28.5 Å². The van der Waals surface area contributed by atoms with Gasteiger partial charge in [0.1, 0.15) is 12.2 Å². The van der Waals surface area contributed by atoms with Crippen molar-refractivity contribution in [3.8, 4) is 5.75 Å². The van der Waals surface area contributed by atoms with Crippen LogP contribution in [0.5, 0.6) is 5.75 Å². The lowest BCUT2D eigenvalue weighted by Crippen LogP contribution is -2.50. The molecule has 7 nitrogen and oxygen atoms in total. The average molecular weight is 321 g/mol. The Kier molecular flexibility index (Phi) is 4.55. The van der Waals surface area contributed by atoms with Gasteiger partial charge in [-0.05, 0) is 12.1 Å². The van der Waals surface area contributed by atoms with Crippen LogP contribution in [-0.4, -0.2) is 64.5 Å². The molecule has 0 radical (unpaired) electrons. The molecule has 0 spiro atoms. The summed E-state index contributed by atoms with van der Waals surface area (Å²) in [4.78, 5) is 3.76. The first-order valence-corrected chi connectivity index (χ1v) is 8.72. The van der Waals surface area contributed by atoms with Gasteiger partial charge in [-0.2, -0.15) is 0 Å². The van der Waals surface area contributed by atoms with E-state index >= 15 is 0 Å². The minimum atomic E-state index is -3.56. The number of nitrogens with zero attached hydrogens (tertiary/aromatic N) is 1. The van der Waals surface area contributed by atoms with Crippen LogP contribution in [-0.2, 0) is 9.84 Å². The highest BCUT2D eigenvalue weighted by atomic mass is 32.2. The standard InChI is InChI=1S/C11H15NO6S2/c1-20(16,17)10-7(3-2-4-12-10)18-11-9(15)8(14)6(13)5-19-11/h2-4,6,8-9,11,13-15H,5H2,1H3/t6-,8+,9-,11+/m1/s1. The summed E-state index contributed by atoms with van der Waals surface area (Å²) in [5.74, 6) is 0.187. The summed E-state index contributed by atoms with van der Waals surface area (Å²) in [6, 6.07) is 2.93. The number of aliphatic hydroxyl groups is 3. The molecule has 0 bridgehead atoms. The zero-order valence-electron chi connectivity index (χ0n) is 10.6. The van der Waals surface area contributed by atoms with E-state index in [4.69, 9.17) is 4.74 Å². The molecule has 1 aromatic rings. The fourth-order valence-electron chi connectivity index (χ4n) is 1.75. The third-order valence-corrected chi connectivity index (χ3v) is 5.03. The lowest BCUT2D eigenvalue weighted by Gasteiger charge is -2.34. The van der Waals surface area contributed by atoms with Crippen LogP contribution in [0.3, 0.4) is 0 Å². The number of sulfone groups is 1. The lowest BCUT2D eigenvalue weighted by molar-refractivity contribution is -0.0790. The number of aliphatic hydroxyl groups excluding tert-OH is 3. The molecule has 1 saturated heterocycles. The Morgan fingerprint density at radius 2 is 2.05 bits per heavy atom. The molecule has 0 unspecified atom stereocenters. The van der Waals surface area contributed by atoms with E-state index in [2.05, 4.69) is 4.98 Å². The van der Waals surface area contributed by atoms with Crippen LogP contribution in [0.1, 0.15) is 0 Å². The predicted octanol–water partition coefficient (Wildman–Crippen LogP) is -0.981. The van der Waals surface area contributed by atoms with E-state index in [1.165, 1.54) is 18.3 Å². The quantitative estimate of drug-likeness (QED) is 0.650. The summed E-state index contributed by atoms with van der Waals surface area (Å²) >= 11 is 1.09. The topological polar surface area (TPSA) is 117 Å². The van der Waals surface area contributed by atoms with Crippen molar-refractivity contribution >= 4 is 21.6 Å². The molecule has 20 heavy (non-hydrogen) atoms. The normalized spacial score (nSPS) is 31.0. The molecule has 0 aromatic carbocycles. The molecule has 1 aliphatic rings. The number of pyridine rings is 1. The van der Waals surface area contributed by atoms with E-state index in [0.29, 0.717) is 0 Å². The van der Waals surface area contributed by atoms with Gasteiger partial charge in [0.05, 0.1) is 6.10 Å². The van der Waals surface area contributed by atoms with Crippen molar-refractivity contribution in [1.82, 2.24) is 4.98 Å². The maximum atomic E-state index is 11.6. The van der Waals surface area contributed by atoms with Gasteiger partial charge < -0.3 is 20.1 Å². The summed E-state index contributed by atoms with van der Waals surface area (Å²) in [6.07, 6.45) is -1.37. The molecule has 9 heteroatoms. The molecule has 2 rings (SSSR count). The smallest absolute Gasteiger partial charge is 0.197 e. The van der Waals surface area contributed by atoms with Crippen LogP contribution < -0.4 is 4.74 Å². The molecule has 3 N–H and O–H groups in total. The first-order chi connectivity index (χ1) is 9.30. The van der Waals surface area contributed by atoms with Gasteiger partial charge in [-0.25, -0.2) is 13.4 Å². The van der Waals surface area contributed by atoms with E-state index < -0.39 is 33.6 Å². The fraction of sp³-hybridized carbons (Fsp3) is 0.545. The maximum Gasteiger partial charge on any atom is 0.197 e. The lowest BCUT2D eigenvalue weighted by atomic mass is 10.1. The van der Waals surface area contributed by atoms with Gasteiger partial charge in [-0.1, -0.05) is 0 Å². The molecular formula is C11H15NO6S2. The second-order valence-corrected chi connectivity index (χ2v) is 7.51. The van der Waals surface area contributed by atoms with Crippen LogP contribution in [0.2, 0.25) is 0 Å². The van der Waals surface area contributed by atoms with Crippen molar-refractivity contribution in [1.29, 1.82) is 0 Å². The monoisotopic (exact) mass is 321 g/mol. The van der Waals surface area contributed by atoms with Crippen LogP contribution in [0.15, 0.2) is 23.4 Å². The Labute approximate surface area is 120 Å². The molecule has 0 aliphatic carbocycles. The van der Waals surface area contributed by atoms with Crippen molar-refractivity contribution in [3.05, 3.63) is 18.3 Å². The Bertz CT molecular complexity index is 578. The molecule has 1 aliphatic heterocycles. The molecule has 1 aromatic heterocycles. The minimum absolute atomic E-state index is 0.00939. The Morgan fingerprint density at radius 3 is 2.70 bits per heavy atom. The SMILES string of the molecule is CS(=O)(=O)c1ncccc1O[C@H]1SC[C@@H](O)[C@H](O)[C@H]1O. The second-order valence-electron chi connectivity index (χ2n) is 4.45. The summed E-state index contributed by atoms with van der Waals surface area (Å²) in [6.45, 7) is 0. The van der Waals surface area contributed by atoms with Crippen molar-refractivity contribution in [2.24, 2.45) is 0 Å². The molecule has 112 valence electrons. The Morgan fingerprint density at radius 1 is 1.35 bits per heavy atom. The van der Waals surface area contributed by atoms with Crippen LogP contribution in [0.4, 0.5) is 0 Å². The number of ether oxygens (including phenoxy) is 1. The van der Waals surface area contributed by atoms with E-state index in [1.807, 2.05) is 0 Å². The van der Waals surface area contributed by atoms with Gasteiger partial charge in [-0.3, -0.25) is 0 Å². The fourth-order valence-corrected chi connectivity index (χ4v) is 3.60. The van der Waals surface area contributed by atoms with Crippen molar-refractivity contribution in [2.45, 2.75) is 28.8 Å². The number of hydrogen-bond acceptors (Lipinski definition) is 8. The minimum Gasteiger partial charge on any atom is -0.474 e. The molecule has 0 saturated carbocycles. The Balaban J connectivity index is 2.23. The molecule has 4 atom stereocenters. The zero-order valence-corrected chi connectivity index (χ0v) is 12.2. The summed E-state index contributed by atoms with van der Waals surface area (Å²) in [5, 5.41) is 28.6. The number of thioether (sulfide) groups is 1. The van der Waals surface area contributed by atoms with Crippen molar-refractivity contribution in [2.75, 3.05) is 12.0 Å². The highest BCUT2D eigenvalue weighted by Gasteiger charge is 2.39. The summed E-state index contributed by atoms with van der Waals surface area (Å²) in [7, 11) is -3.56. The zero-order chi connectivity index (χ0) is 14.9. The highest BCUT2D eigenvalue weighted by molar-refractivity contribution is 7.99. The first-order valence-electron chi connectivity index (χ1n) is 5.78. The maximum absolute atomic E-state index is 11.6. The van der Waals surface area contributed by atoms with Gasteiger partial charge in [-0.15, -0.1) is 11.8 Å². The van der Waals surface area contributed by atoms with Gasteiger partial charge in [0.15, 0.2) is 26.0 Å². The van der Waals surface area contributed by atoms with Gasteiger partial charge in [0, 0.05) is 18.2 Å². The third-order valence-electron chi connectivity index (χ3n) is 2.78. The first kappa shape index (κ1) is 15.5. The van der Waals surface area contributed by atoms with Crippen LogP contribution in [0.25, 0.3) is 0 Å². The predicted molar refractivity (Wildman–Crippen MR) is 72.2 cm³/mol. The average Bonchev–Trinajstić information content (AvgIpc) is 2.39. The molecular weight excluding hydrogens is 306 g/mol. The summed E-state index contributed by atoms with van der Waals surface area (Å²) < 4.78 is 28.6. The molecule has 2 heterocycles. The van der Waals surface area contributed by atoms with Crippen molar-refractivity contribution in [3.63, 3.8) is 0 Å². The largest absolute Gasteiger partial charge is 0.474 e.